The van der Waals surface area contributed by atoms with Crippen molar-refractivity contribution < 1.29 is 0 Å². The smallest absolute Gasteiger partial charge is 0.250 e. The molecule has 0 saturated heterocycles. The summed E-state index contributed by atoms with van der Waals surface area (Å²) in [5.74, 6) is 0. The van der Waals surface area contributed by atoms with Crippen LogP contribution in [0.3, 0.4) is 0 Å². The van der Waals surface area contributed by atoms with Gasteiger partial charge in [0.2, 0.25) is 0 Å². The Morgan fingerprint density at radius 3 is 2.42 bits per heavy atom. The molecular weight excluding hydrogens is 236 g/mol. The monoisotopic (exact) mass is 254 g/mol. The molecule has 0 atom stereocenters. The van der Waals surface area contributed by atoms with Gasteiger partial charge in [-0.25, -0.2) is 0 Å². The lowest BCUT2D eigenvalue weighted by Gasteiger charge is -2.12. The molecule has 2 aromatic rings. The fraction of sp³-hybridized carbons (Fsp3) is 0.312. The lowest BCUT2D eigenvalue weighted by atomic mass is 10.1. The van der Waals surface area contributed by atoms with Crippen LogP contribution >= 0.6 is 0 Å². The van der Waals surface area contributed by atoms with Gasteiger partial charge in [0.15, 0.2) is 0 Å². The summed E-state index contributed by atoms with van der Waals surface area (Å²) in [6.45, 7) is 1.56. The van der Waals surface area contributed by atoms with Crippen LogP contribution in [0, 0.1) is 0 Å². The van der Waals surface area contributed by atoms with Gasteiger partial charge >= 0.3 is 0 Å². The molecule has 0 aliphatic heterocycles. The van der Waals surface area contributed by atoms with E-state index >= 15 is 0 Å². The van der Waals surface area contributed by atoms with E-state index in [0.29, 0.717) is 6.04 Å². The van der Waals surface area contributed by atoms with Crippen molar-refractivity contribution in [2.45, 2.75) is 25.4 Å². The molecule has 0 radical (unpaired) electrons. The lowest BCUT2D eigenvalue weighted by molar-refractivity contribution is 0.498. The van der Waals surface area contributed by atoms with E-state index in [1.54, 1.807) is 16.7 Å². The molecule has 0 bridgehead atoms. The average molecular weight is 254 g/mol. The van der Waals surface area contributed by atoms with E-state index in [-0.39, 0.29) is 5.56 Å². The number of nitrogens with one attached hydrogen (secondary N) is 1. The second kappa shape index (κ2) is 5.41. The third-order valence-corrected chi connectivity index (χ3v) is 3.74. The highest BCUT2D eigenvalue weighted by atomic mass is 16.1. The Morgan fingerprint density at radius 2 is 1.74 bits per heavy atom. The summed E-state index contributed by atoms with van der Waals surface area (Å²) >= 11 is 0. The van der Waals surface area contributed by atoms with Crippen molar-refractivity contribution in [1.82, 2.24) is 9.88 Å². The maximum Gasteiger partial charge on any atom is 0.250 e. The zero-order valence-electron chi connectivity index (χ0n) is 10.9. The van der Waals surface area contributed by atoms with Crippen molar-refractivity contribution in [3.63, 3.8) is 0 Å². The third-order valence-electron chi connectivity index (χ3n) is 3.74. The Kier molecular flexibility index (Phi) is 3.47. The van der Waals surface area contributed by atoms with Crippen molar-refractivity contribution in [2.75, 3.05) is 6.54 Å². The highest BCUT2D eigenvalue weighted by Gasteiger charge is 2.19. The first-order valence-corrected chi connectivity index (χ1v) is 6.78. The molecule has 3 rings (SSSR count). The zero-order valence-corrected chi connectivity index (χ0v) is 10.9. The van der Waals surface area contributed by atoms with Crippen molar-refractivity contribution >= 4 is 0 Å². The molecule has 1 heterocycles. The Morgan fingerprint density at radius 1 is 1.05 bits per heavy atom. The van der Waals surface area contributed by atoms with Crippen LogP contribution in [-0.2, 0) is 19.4 Å². The second-order valence-electron chi connectivity index (χ2n) is 5.06. The first kappa shape index (κ1) is 12.2. The summed E-state index contributed by atoms with van der Waals surface area (Å²) in [4.78, 5) is 11.6. The summed E-state index contributed by atoms with van der Waals surface area (Å²) in [6, 6.07) is 14.4. The molecule has 3 heteroatoms. The van der Waals surface area contributed by atoms with E-state index < -0.39 is 0 Å². The van der Waals surface area contributed by atoms with Crippen LogP contribution in [0.1, 0.15) is 11.1 Å². The summed E-state index contributed by atoms with van der Waals surface area (Å²) < 4.78 is 1.75. The van der Waals surface area contributed by atoms with Crippen molar-refractivity contribution in [3.05, 3.63) is 70.1 Å². The van der Waals surface area contributed by atoms with Crippen LogP contribution < -0.4 is 10.9 Å². The van der Waals surface area contributed by atoms with Gasteiger partial charge in [0, 0.05) is 31.4 Å². The number of nitrogens with zero attached hydrogens (tertiary/aromatic N) is 1. The molecule has 1 aromatic heterocycles. The Balaban J connectivity index is 1.53. The summed E-state index contributed by atoms with van der Waals surface area (Å²) in [6.07, 6.45) is 4.03. The number of fused-ring (bicyclic) bond motifs is 1. The topological polar surface area (TPSA) is 34.0 Å². The predicted octanol–water partition coefficient (Wildman–Crippen LogP) is 1.61. The van der Waals surface area contributed by atoms with Crippen molar-refractivity contribution in [1.29, 1.82) is 0 Å². The van der Waals surface area contributed by atoms with Crippen LogP contribution in [0.4, 0.5) is 0 Å². The van der Waals surface area contributed by atoms with Gasteiger partial charge in [-0.15, -0.1) is 0 Å². The number of rotatable bonds is 4. The standard InChI is InChI=1S/C16H18N2O/c19-16-7-3-4-9-18(16)10-8-17-15-11-13-5-1-2-6-14(13)12-15/h1-7,9,15,17H,8,10-12H2. The minimum atomic E-state index is 0.0685. The normalized spacial score (nSPS) is 14.5. The molecule has 0 spiro atoms. The molecule has 0 unspecified atom stereocenters. The van der Waals surface area contributed by atoms with Gasteiger partial charge in [0.1, 0.15) is 0 Å². The average Bonchev–Trinajstić information content (AvgIpc) is 2.83. The van der Waals surface area contributed by atoms with Crippen LogP contribution in [0.2, 0.25) is 0 Å². The summed E-state index contributed by atoms with van der Waals surface area (Å²) in [5, 5.41) is 3.54. The lowest BCUT2D eigenvalue weighted by Crippen LogP contribution is -2.34. The third kappa shape index (κ3) is 2.76. The fourth-order valence-corrected chi connectivity index (χ4v) is 2.74. The SMILES string of the molecule is O=c1ccccn1CCNC1Cc2ccccc2C1. The highest BCUT2D eigenvalue weighted by Crippen LogP contribution is 2.21. The van der Waals surface area contributed by atoms with Gasteiger partial charge in [-0.05, 0) is 30.0 Å². The van der Waals surface area contributed by atoms with Crippen LogP contribution in [0.25, 0.3) is 0 Å². The summed E-state index contributed by atoms with van der Waals surface area (Å²) in [5.41, 5.74) is 2.98. The van der Waals surface area contributed by atoms with E-state index in [0.717, 1.165) is 25.9 Å². The maximum atomic E-state index is 11.6. The van der Waals surface area contributed by atoms with Gasteiger partial charge in [-0.1, -0.05) is 30.3 Å². The van der Waals surface area contributed by atoms with Gasteiger partial charge < -0.3 is 9.88 Å². The van der Waals surface area contributed by atoms with Crippen molar-refractivity contribution in [2.24, 2.45) is 0 Å². The Labute approximate surface area is 112 Å². The van der Waals surface area contributed by atoms with Gasteiger partial charge in [-0.2, -0.15) is 0 Å². The van der Waals surface area contributed by atoms with E-state index in [1.165, 1.54) is 11.1 Å². The molecular formula is C16H18N2O. The quantitative estimate of drug-likeness (QED) is 0.899. The molecule has 98 valence electrons. The Hall–Kier alpha value is -1.87. The van der Waals surface area contributed by atoms with Crippen LogP contribution in [0.15, 0.2) is 53.5 Å². The predicted molar refractivity (Wildman–Crippen MR) is 76.3 cm³/mol. The van der Waals surface area contributed by atoms with E-state index in [1.807, 2.05) is 12.3 Å². The van der Waals surface area contributed by atoms with Gasteiger partial charge in [-0.3, -0.25) is 4.79 Å². The minimum absolute atomic E-state index is 0.0685. The number of pyridine rings is 1. The van der Waals surface area contributed by atoms with Crippen LogP contribution in [-0.4, -0.2) is 17.2 Å². The van der Waals surface area contributed by atoms with Crippen LogP contribution in [0.5, 0.6) is 0 Å². The molecule has 0 amide bonds. The van der Waals surface area contributed by atoms with E-state index in [9.17, 15) is 4.79 Å². The molecule has 3 nitrogen and oxygen atoms in total. The summed E-state index contributed by atoms with van der Waals surface area (Å²) in [7, 11) is 0. The molecule has 0 fully saturated rings. The molecule has 1 aliphatic carbocycles. The molecule has 1 N–H and O–H groups in total. The molecule has 19 heavy (non-hydrogen) atoms. The number of hydrogen-bond donors (Lipinski definition) is 1. The van der Waals surface area contributed by atoms with Gasteiger partial charge in [0.25, 0.3) is 5.56 Å². The second-order valence-corrected chi connectivity index (χ2v) is 5.06. The molecule has 1 aliphatic rings. The molecule has 0 saturated carbocycles. The number of hydrogen-bond acceptors (Lipinski definition) is 2. The van der Waals surface area contributed by atoms with Gasteiger partial charge in [0.05, 0.1) is 0 Å². The first-order chi connectivity index (χ1) is 9.33. The number of benzene rings is 1. The maximum absolute atomic E-state index is 11.6. The number of aromatic nitrogens is 1. The van der Waals surface area contributed by atoms with E-state index in [4.69, 9.17) is 0 Å². The molecule has 1 aromatic carbocycles. The van der Waals surface area contributed by atoms with Crippen molar-refractivity contribution in [3.8, 4) is 0 Å². The largest absolute Gasteiger partial charge is 0.314 e. The first-order valence-electron chi connectivity index (χ1n) is 6.78. The zero-order chi connectivity index (χ0) is 13.1. The fourth-order valence-electron chi connectivity index (χ4n) is 2.74. The van der Waals surface area contributed by atoms with E-state index in [2.05, 4.69) is 29.6 Å². The Bertz CT molecular complexity index is 593. The highest BCUT2D eigenvalue weighted by molar-refractivity contribution is 5.33. The minimum Gasteiger partial charge on any atom is -0.314 e.